The molecule has 2 aromatic rings. The average molecular weight is 319 g/mol. The first-order valence-corrected chi connectivity index (χ1v) is 9.09. The molecular formula is C15H17N3O3S. The fraction of sp³-hybridized carbons (Fsp3) is 0.400. The Morgan fingerprint density at radius 1 is 1.32 bits per heavy atom. The number of fused-ring (bicyclic) bond motifs is 3. The first-order chi connectivity index (χ1) is 10.5. The number of imidazole rings is 1. The normalized spacial score (nSPS) is 27.8. The SMILES string of the molecule is CS(=O)(=O)N1CCC(O)C1C1c2ccccc2-c2cncn21. The molecule has 6 nitrogen and oxygen atoms in total. The number of sulfonamides is 1. The molecule has 116 valence electrons. The number of aromatic nitrogens is 2. The van der Waals surface area contributed by atoms with Gasteiger partial charge < -0.3 is 9.67 Å². The fourth-order valence-corrected chi connectivity index (χ4v) is 4.88. The van der Waals surface area contributed by atoms with Gasteiger partial charge in [0.05, 0.1) is 42.7 Å². The highest BCUT2D eigenvalue weighted by Crippen LogP contribution is 2.44. The minimum absolute atomic E-state index is 0.235. The van der Waals surface area contributed by atoms with Crippen LogP contribution in [0.15, 0.2) is 36.8 Å². The number of rotatable bonds is 2. The summed E-state index contributed by atoms with van der Waals surface area (Å²) in [6.07, 6.45) is 4.48. The lowest BCUT2D eigenvalue weighted by Crippen LogP contribution is -2.44. The third-order valence-electron chi connectivity index (χ3n) is 4.64. The van der Waals surface area contributed by atoms with Crippen LogP contribution in [0.5, 0.6) is 0 Å². The Labute approximate surface area is 129 Å². The molecule has 0 bridgehead atoms. The van der Waals surface area contributed by atoms with E-state index in [0.29, 0.717) is 13.0 Å². The highest BCUT2D eigenvalue weighted by Gasteiger charge is 2.47. The van der Waals surface area contributed by atoms with Crippen molar-refractivity contribution >= 4 is 10.0 Å². The Morgan fingerprint density at radius 3 is 2.86 bits per heavy atom. The second-order valence-corrected chi connectivity index (χ2v) is 7.87. The van der Waals surface area contributed by atoms with Gasteiger partial charge in [-0.05, 0) is 12.0 Å². The molecule has 4 rings (SSSR count). The van der Waals surface area contributed by atoms with Crippen LogP contribution in [0.25, 0.3) is 11.3 Å². The Hall–Kier alpha value is -1.70. The second-order valence-electron chi connectivity index (χ2n) is 5.94. The van der Waals surface area contributed by atoms with E-state index in [2.05, 4.69) is 4.98 Å². The van der Waals surface area contributed by atoms with Gasteiger partial charge in [0.2, 0.25) is 10.0 Å². The third-order valence-corrected chi connectivity index (χ3v) is 5.92. The third kappa shape index (κ3) is 1.86. The zero-order valence-corrected chi connectivity index (χ0v) is 12.9. The molecule has 0 amide bonds. The Balaban J connectivity index is 1.89. The van der Waals surface area contributed by atoms with Crippen LogP contribution in [0.1, 0.15) is 18.0 Å². The molecule has 1 aromatic carbocycles. The molecule has 1 saturated heterocycles. The first kappa shape index (κ1) is 13.9. The predicted octanol–water partition coefficient (Wildman–Crippen LogP) is 0.848. The Kier molecular flexibility index (Phi) is 2.94. The van der Waals surface area contributed by atoms with Crippen LogP contribution in [-0.2, 0) is 10.0 Å². The van der Waals surface area contributed by atoms with Crippen molar-refractivity contribution in [3.8, 4) is 11.3 Å². The molecule has 2 aliphatic heterocycles. The van der Waals surface area contributed by atoms with Crippen LogP contribution < -0.4 is 0 Å². The molecule has 3 unspecified atom stereocenters. The van der Waals surface area contributed by atoms with Crippen molar-refractivity contribution < 1.29 is 13.5 Å². The van der Waals surface area contributed by atoms with Crippen LogP contribution in [0, 0.1) is 0 Å². The summed E-state index contributed by atoms with van der Waals surface area (Å²) < 4.78 is 27.6. The van der Waals surface area contributed by atoms with Gasteiger partial charge in [0, 0.05) is 12.1 Å². The van der Waals surface area contributed by atoms with E-state index in [1.807, 2.05) is 28.8 Å². The average Bonchev–Trinajstić information content (AvgIpc) is 3.12. The fourth-order valence-electron chi connectivity index (χ4n) is 3.75. The molecule has 3 heterocycles. The van der Waals surface area contributed by atoms with Crippen LogP contribution in [0.2, 0.25) is 0 Å². The van der Waals surface area contributed by atoms with Gasteiger partial charge in [0.15, 0.2) is 0 Å². The van der Waals surface area contributed by atoms with Gasteiger partial charge in [-0.15, -0.1) is 0 Å². The topological polar surface area (TPSA) is 75.4 Å². The molecule has 0 aliphatic carbocycles. The zero-order chi connectivity index (χ0) is 15.5. The van der Waals surface area contributed by atoms with Crippen LogP contribution >= 0.6 is 0 Å². The Morgan fingerprint density at radius 2 is 2.09 bits per heavy atom. The summed E-state index contributed by atoms with van der Waals surface area (Å²) >= 11 is 0. The number of aliphatic hydroxyl groups is 1. The lowest BCUT2D eigenvalue weighted by Gasteiger charge is -2.31. The molecule has 1 N–H and O–H groups in total. The maximum absolute atomic E-state index is 12.1. The van der Waals surface area contributed by atoms with E-state index in [0.717, 1.165) is 16.8 Å². The second kappa shape index (κ2) is 4.65. The van der Waals surface area contributed by atoms with Crippen molar-refractivity contribution in [1.82, 2.24) is 13.9 Å². The summed E-state index contributed by atoms with van der Waals surface area (Å²) in [4.78, 5) is 4.19. The van der Waals surface area contributed by atoms with Crippen molar-refractivity contribution in [3.63, 3.8) is 0 Å². The quantitative estimate of drug-likeness (QED) is 0.890. The van der Waals surface area contributed by atoms with E-state index >= 15 is 0 Å². The van der Waals surface area contributed by atoms with Crippen molar-refractivity contribution in [1.29, 1.82) is 0 Å². The smallest absolute Gasteiger partial charge is 0.211 e. The van der Waals surface area contributed by atoms with Gasteiger partial charge in [0.1, 0.15) is 0 Å². The van der Waals surface area contributed by atoms with Gasteiger partial charge in [-0.1, -0.05) is 24.3 Å². The van der Waals surface area contributed by atoms with E-state index in [1.165, 1.54) is 10.6 Å². The molecule has 1 fully saturated rings. The van der Waals surface area contributed by atoms with Crippen LogP contribution in [0.3, 0.4) is 0 Å². The van der Waals surface area contributed by atoms with Gasteiger partial charge in [-0.3, -0.25) is 0 Å². The van der Waals surface area contributed by atoms with E-state index in [1.54, 1.807) is 12.5 Å². The molecule has 1 aromatic heterocycles. The van der Waals surface area contributed by atoms with Gasteiger partial charge in [-0.2, -0.15) is 4.31 Å². The van der Waals surface area contributed by atoms with Gasteiger partial charge >= 0.3 is 0 Å². The lowest BCUT2D eigenvalue weighted by molar-refractivity contribution is 0.121. The molecule has 0 radical (unpaired) electrons. The van der Waals surface area contributed by atoms with E-state index in [-0.39, 0.29) is 6.04 Å². The molecular weight excluding hydrogens is 302 g/mol. The molecule has 7 heteroatoms. The first-order valence-electron chi connectivity index (χ1n) is 7.24. The van der Waals surface area contributed by atoms with E-state index < -0.39 is 22.2 Å². The minimum Gasteiger partial charge on any atom is -0.391 e. The summed E-state index contributed by atoms with van der Waals surface area (Å²) in [6, 6.07) is 7.18. The summed E-state index contributed by atoms with van der Waals surface area (Å²) in [5, 5.41) is 10.4. The molecule has 0 spiro atoms. The summed E-state index contributed by atoms with van der Waals surface area (Å²) in [5.74, 6) is 0. The van der Waals surface area contributed by atoms with E-state index in [9.17, 15) is 13.5 Å². The number of hydrogen-bond donors (Lipinski definition) is 1. The highest BCUT2D eigenvalue weighted by atomic mass is 32.2. The summed E-state index contributed by atoms with van der Waals surface area (Å²) in [7, 11) is -3.37. The largest absolute Gasteiger partial charge is 0.391 e. The number of aliphatic hydroxyl groups excluding tert-OH is 1. The van der Waals surface area contributed by atoms with Crippen molar-refractivity contribution in [2.45, 2.75) is 24.6 Å². The van der Waals surface area contributed by atoms with E-state index in [4.69, 9.17) is 0 Å². The molecule has 22 heavy (non-hydrogen) atoms. The number of nitrogens with zero attached hydrogens (tertiary/aromatic N) is 3. The highest BCUT2D eigenvalue weighted by molar-refractivity contribution is 7.88. The standard InChI is InChI=1S/C15H17N3O3S/c1-22(20,21)18-7-6-13(19)15(18)14-11-5-3-2-4-10(11)12-8-16-9-17(12)14/h2-5,8-9,13-15,19H,6-7H2,1H3. The molecule has 2 aliphatic rings. The number of hydrogen-bond acceptors (Lipinski definition) is 4. The van der Waals surface area contributed by atoms with Crippen molar-refractivity contribution in [2.75, 3.05) is 12.8 Å². The maximum Gasteiger partial charge on any atom is 0.211 e. The van der Waals surface area contributed by atoms with Gasteiger partial charge in [-0.25, -0.2) is 13.4 Å². The minimum atomic E-state index is -3.37. The number of benzene rings is 1. The monoisotopic (exact) mass is 319 g/mol. The maximum atomic E-state index is 12.1. The Bertz CT molecular complexity index is 830. The summed E-state index contributed by atoms with van der Waals surface area (Å²) in [6.45, 7) is 0.355. The van der Waals surface area contributed by atoms with Crippen molar-refractivity contribution in [2.24, 2.45) is 0 Å². The molecule has 3 atom stereocenters. The van der Waals surface area contributed by atoms with Crippen molar-refractivity contribution in [3.05, 3.63) is 42.4 Å². The predicted molar refractivity (Wildman–Crippen MR) is 81.8 cm³/mol. The summed E-state index contributed by atoms with van der Waals surface area (Å²) in [5.41, 5.74) is 3.06. The van der Waals surface area contributed by atoms with Gasteiger partial charge in [0.25, 0.3) is 0 Å². The lowest BCUT2D eigenvalue weighted by atomic mass is 9.95. The van der Waals surface area contributed by atoms with Crippen LogP contribution in [0.4, 0.5) is 0 Å². The zero-order valence-electron chi connectivity index (χ0n) is 12.1. The molecule has 0 saturated carbocycles. The van der Waals surface area contributed by atoms with Crippen LogP contribution in [-0.4, -0.2) is 52.3 Å².